The number of hydrogen-bond acceptors (Lipinski definition) is 5. The highest BCUT2D eigenvalue weighted by Crippen LogP contribution is 2.30. The molecule has 29 heavy (non-hydrogen) atoms. The fourth-order valence-corrected chi connectivity index (χ4v) is 4.35. The molecule has 156 valence electrons. The fraction of sp³-hybridized carbons (Fsp3) is 0.591. The van der Waals surface area contributed by atoms with Crippen LogP contribution < -0.4 is 10.2 Å². The Bertz CT molecular complexity index is 756. The number of likely N-dealkylation sites (N-methyl/N-ethyl adjacent to an activating group) is 2. The predicted molar refractivity (Wildman–Crippen MR) is 112 cm³/mol. The van der Waals surface area contributed by atoms with E-state index in [1.54, 1.807) is 0 Å². The molecule has 1 saturated heterocycles. The molecule has 0 unspecified atom stereocenters. The number of rotatable bonds is 5. The van der Waals surface area contributed by atoms with Crippen LogP contribution in [0.15, 0.2) is 24.3 Å². The average Bonchev–Trinajstić information content (AvgIpc) is 2.78. The van der Waals surface area contributed by atoms with Crippen LogP contribution in [0, 0.1) is 11.5 Å². The Balaban J connectivity index is 1.69. The molecule has 2 amide bonds. The number of nitrogens with one attached hydrogen (secondary N) is 1. The molecule has 0 spiro atoms. The van der Waals surface area contributed by atoms with Gasteiger partial charge in [-0.1, -0.05) is 26.2 Å². The molecule has 1 aliphatic carbocycles. The van der Waals surface area contributed by atoms with Crippen molar-refractivity contribution in [1.82, 2.24) is 15.1 Å². The topological polar surface area (TPSA) is 79.7 Å². The number of hydrogen-bond donors (Lipinski definition) is 1. The van der Waals surface area contributed by atoms with E-state index in [-0.39, 0.29) is 11.8 Å². The molecule has 3 rings (SSSR count). The van der Waals surface area contributed by atoms with Gasteiger partial charge in [-0.3, -0.25) is 14.5 Å². The molecule has 2 fully saturated rings. The van der Waals surface area contributed by atoms with Gasteiger partial charge in [0.15, 0.2) is 6.19 Å². The average molecular weight is 398 g/mol. The SMILES string of the molecule is CCN1CCN(c2ccc(C(=O)NC3(C(=O)N(C)C#N)CCCCC3)cc2)CC1. The molecule has 2 aliphatic rings. The summed E-state index contributed by atoms with van der Waals surface area (Å²) in [5.74, 6) is -0.576. The second-order valence-electron chi connectivity index (χ2n) is 8.03. The molecule has 0 atom stereocenters. The Morgan fingerprint density at radius 1 is 1.10 bits per heavy atom. The Hall–Kier alpha value is -2.59. The van der Waals surface area contributed by atoms with Crippen molar-refractivity contribution >= 4 is 17.5 Å². The Kier molecular flexibility index (Phi) is 6.75. The Labute approximate surface area is 173 Å². The first-order valence-electron chi connectivity index (χ1n) is 10.6. The van der Waals surface area contributed by atoms with E-state index < -0.39 is 5.54 Å². The largest absolute Gasteiger partial charge is 0.369 e. The van der Waals surface area contributed by atoms with Gasteiger partial charge in [0.25, 0.3) is 11.8 Å². The lowest BCUT2D eigenvalue weighted by Crippen LogP contribution is -2.59. The molecular formula is C22H31N5O2. The van der Waals surface area contributed by atoms with E-state index >= 15 is 0 Å². The number of nitriles is 1. The maximum Gasteiger partial charge on any atom is 0.261 e. The minimum absolute atomic E-state index is 0.256. The van der Waals surface area contributed by atoms with Gasteiger partial charge >= 0.3 is 0 Å². The van der Waals surface area contributed by atoms with Gasteiger partial charge in [-0.25, -0.2) is 0 Å². The molecule has 1 N–H and O–H groups in total. The second-order valence-corrected chi connectivity index (χ2v) is 8.03. The zero-order valence-corrected chi connectivity index (χ0v) is 17.5. The predicted octanol–water partition coefficient (Wildman–Crippen LogP) is 2.20. The number of piperazine rings is 1. The van der Waals surface area contributed by atoms with Crippen molar-refractivity contribution in [1.29, 1.82) is 5.26 Å². The molecule has 1 saturated carbocycles. The minimum atomic E-state index is -0.977. The number of carbonyl (C=O) groups is 2. The van der Waals surface area contributed by atoms with Gasteiger partial charge in [-0.15, -0.1) is 0 Å². The van der Waals surface area contributed by atoms with Crippen molar-refractivity contribution in [2.45, 2.75) is 44.6 Å². The van der Waals surface area contributed by atoms with Crippen LogP contribution in [0.25, 0.3) is 0 Å². The number of anilines is 1. The summed E-state index contributed by atoms with van der Waals surface area (Å²) in [6.07, 6.45) is 5.80. The van der Waals surface area contributed by atoms with E-state index in [9.17, 15) is 9.59 Å². The van der Waals surface area contributed by atoms with Crippen LogP contribution in [0.3, 0.4) is 0 Å². The van der Waals surface area contributed by atoms with Gasteiger partial charge in [0.1, 0.15) is 5.54 Å². The molecule has 7 heteroatoms. The van der Waals surface area contributed by atoms with E-state index in [1.165, 1.54) is 7.05 Å². The smallest absolute Gasteiger partial charge is 0.261 e. The number of nitrogens with zero attached hydrogens (tertiary/aromatic N) is 4. The minimum Gasteiger partial charge on any atom is -0.369 e. The highest BCUT2D eigenvalue weighted by molar-refractivity contribution is 5.99. The molecule has 1 aromatic carbocycles. The molecule has 1 aromatic rings. The van der Waals surface area contributed by atoms with Crippen molar-refractivity contribution < 1.29 is 9.59 Å². The number of benzene rings is 1. The van der Waals surface area contributed by atoms with Crippen LogP contribution in [0.5, 0.6) is 0 Å². The first kappa shape index (κ1) is 21.1. The van der Waals surface area contributed by atoms with Gasteiger partial charge in [-0.05, 0) is 43.7 Å². The standard InChI is InChI=1S/C22H31N5O2/c1-3-26-13-15-27(16-14-26)19-9-7-18(8-10-19)20(28)24-22(11-5-4-6-12-22)21(29)25(2)17-23/h7-10H,3-6,11-16H2,1-2H3,(H,24,28). The normalized spacial score (nSPS) is 19.3. The molecule has 0 aromatic heterocycles. The van der Waals surface area contributed by atoms with Crippen molar-refractivity contribution in [3.05, 3.63) is 29.8 Å². The lowest BCUT2D eigenvalue weighted by molar-refractivity contribution is -0.135. The van der Waals surface area contributed by atoms with Crippen molar-refractivity contribution in [3.8, 4) is 6.19 Å². The summed E-state index contributed by atoms with van der Waals surface area (Å²) in [7, 11) is 1.46. The van der Waals surface area contributed by atoms with E-state index in [0.717, 1.165) is 62.6 Å². The second kappa shape index (κ2) is 9.27. The maximum absolute atomic E-state index is 12.9. The quantitative estimate of drug-likeness (QED) is 0.609. The summed E-state index contributed by atoms with van der Waals surface area (Å²) < 4.78 is 0. The highest BCUT2D eigenvalue weighted by atomic mass is 16.2. The van der Waals surface area contributed by atoms with Crippen molar-refractivity contribution in [2.75, 3.05) is 44.7 Å². The van der Waals surface area contributed by atoms with Gasteiger partial charge in [-0.2, -0.15) is 5.26 Å². The van der Waals surface area contributed by atoms with Gasteiger partial charge in [0.05, 0.1) is 0 Å². The van der Waals surface area contributed by atoms with E-state index in [1.807, 2.05) is 30.5 Å². The monoisotopic (exact) mass is 397 g/mol. The van der Waals surface area contributed by atoms with Crippen LogP contribution in [-0.4, -0.2) is 66.9 Å². The first-order chi connectivity index (χ1) is 14.0. The lowest BCUT2D eigenvalue weighted by Gasteiger charge is -2.37. The zero-order chi connectivity index (χ0) is 20.9. The van der Waals surface area contributed by atoms with Gasteiger partial charge in [0.2, 0.25) is 0 Å². The fourth-order valence-electron chi connectivity index (χ4n) is 4.35. The third-order valence-corrected chi connectivity index (χ3v) is 6.24. The maximum atomic E-state index is 12.9. The molecule has 1 aliphatic heterocycles. The van der Waals surface area contributed by atoms with Crippen LogP contribution in [0.1, 0.15) is 49.4 Å². The molecule has 7 nitrogen and oxygen atoms in total. The number of carbonyl (C=O) groups excluding carboxylic acids is 2. The zero-order valence-electron chi connectivity index (χ0n) is 17.5. The first-order valence-corrected chi connectivity index (χ1v) is 10.6. The summed E-state index contributed by atoms with van der Waals surface area (Å²) in [4.78, 5) is 31.5. The van der Waals surface area contributed by atoms with Crippen molar-refractivity contribution in [3.63, 3.8) is 0 Å². The lowest BCUT2D eigenvalue weighted by atomic mass is 9.80. The summed E-state index contributed by atoms with van der Waals surface area (Å²) in [6, 6.07) is 7.61. The van der Waals surface area contributed by atoms with Crippen LogP contribution in [0.2, 0.25) is 0 Å². The molecule has 0 radical (unpaired) electrons. The van der Waals surface area contributed by atoms with Crippen molar-refractivity contribution in [2.24, 2.45) is 0 Å². The summed E-state index contributed by atoms with van der Waals surface area (Å²) in [6.45, 7) is 7.33. The highest BCUT2D eigenvalue weighted by Gasteiger charge is 2.42. The summed E-state index contributed by atoms with van der Waals surface area (Å²) in [5.41, 5.74) is 0.679. The van der Waals surface area contributed by atoms with E-state index in [2.05, 4.69) is 22.0 Å². The van der Waals surface area contributed by atoms with Gasteiger partial charge in [0, 0.05) is 44.5 Å². The van der Waals surface area contributed by atoms with Crippen LogP contribution in [0.4, 0.5) is 5.69 Å². The summed E-state index contributed by atoms with van der Waals surface area (Å²) >= 11 is 0. The van der Waals surface area contributed by atoms with Crippen LogP contribution in [-0.2, 0) is 4.79 Å². The van der Waals surface area contributed by atoms with E-state index in [0.29, 0.717) is 18.4 Å². The third kappa shape index (κ3) is 4.70. The van der Waals surface area contributed by atoms with E-state index in [4.69, 9.17) is 5.26 Å². The third-order valence-electron chi connectivity index (χ3n) is 6.24. The molecule has 1 heterocycles. The Morgan fingerprint density at radius 2 is 1.72 bits per heavy atom. The Morgan fingerprint density at radius 3 is 2.28 bits per heavy atom. The number of amides is 2. The molecule has 0 bridgehead atoms. The molecular weight excluding hydrogens is 366 g/mol. The van der Waals surface area contributed by atoms with Crippen LogP contribution >= 0.6 is 0 Å². The summed E-state index contributed by atoms with van der Waals surface area (Å²) in [5, 5.41) is 12.1. The van der Waals surface area contributed by atoms with Gasteiger partial charge < -0.3 is 15.1 Å².